The zero-order valence-corrected chi connectivity index (χ0v) is 8.19. The summed E-state index contributed by atoms with van der Waals surface area (Å²) in [7, 11) is 0. The molecule has 0 aromatic rings. The first kappa shape index (κ1) is 11.3. The SMILES string of the molecule is OCC1OC(O)C(O)C(OC2CC2)C1O. The average Bonchev–Trinajstić information content (AvgIpc) is 3.02. The van der Waals surface area contributed by atoms with Gasteiger partial charge >= 0.3 is 0 Å². The molecule has 6 nitrogen and oxygen atoms in total. The largest absolute Gasteiger partial charge is 0.394 e. The zero-order chi connectivity index (χ0) is 11.0. The molecule has 2 aliphatic rings. The molecule has 1 aliphatic carbocycles. The van der Waals surface area contributed by atoms with Gasteiger partial charge in [0.05, 0.1) is 12.7 Å². The zero-order valence-electron chi connectivity index (χ0n) is 8.19. The number of hydrogen-bond donors (Lipinski definition) is 4. The van der Waals surface area contributed by atoms with Gasteiger partial charge in [0.25, 0.3) is 0 Å². The minimum Gasteiger partial charge on any atom is -0.394 e. The van der Waals surface area contributed by atoms with E-state index in [0.29, 0.717) is 0 Å². The van der Waals surface area contributed by atoms with Crippen LogP contribution in [0.5, 0.6) is 0 Å². The molecule has 0 bridgehead atoms. The molecule has 15 heavy (non-hydrogen) atoms. The Kier molecular flexibility index (Phi) is 3.24. The molecule has 2 rings (SSSR count). The summed E-state index contributed by atoms with van der Waals surface area (Å²) in [4.78, 5) is 0. The lowest BCUT2D eigenvalue weighted by Crippen LogP contribution is -2.59. The fourth-order valence-electron chi connectivity index (χ4n) is 1.65. The number of hydrogen-bond acceptors (Lipinski definition) is 6. The van der Waals surface area contributed by atoms with Crippen LogP contribution in [0.2, 0.25) is 0 Å². The van der Waals surface area contributed by atoms with E-state index < -0.39 is 37.3 Å². The second-order valence-corrected chi connectivity index (χ2v) is 4.03. The Morgan fingerprint density at radius 3 is 2.33 bits per heavy atom. The second-order valence-electron chi connectivity index (χ2n) is 4.03. The number of aliphatic hydroxyl groups excluding tert-OH is 4. The summed E-state index contributed by atoms with van der Waals surface area (Å²) in [5.74, 6) is 0. The molecular weight excluding hydrogens is 204 g/mol. The molecule has 1 aliphatic heterocycles. The number of aliphatic hydroxyl groups is 4. The van der Waals surface area contributed by atoms with Crippen LogP contribution in [0.15, 0.2) is 0 Å². The second kappa shape index (κ2) is 4.32. The minimum atomic E-state index is -1.42. The van der Waals surface area contributed by atoms with Crippen molar-refractivity contribution < 1.29 is 29.9 Å². The lowest BCUT2D eigenvalue weighted by Gasteiger charge is -2.39. The van der Waals surface area contributed by atoms with Gasteiger partial charge in [0.1, 0.15) is 24.4 Å². The van der Waals surface area contributed by atoms with Crippen LogP contribution in [-0.2, 0) is 9.47 Å². The van der Waals surface area contributed by atoms with Crippen molar-refractivity contribution in [2.24, 2.45) is 0 Å². The van der Waals surface area contributed by atoms with E-state index in [9.17, 15) is 15.3 Å². The van der Waals surface area contributed by atoms with Crippen molar-refractivity contribution in [3.05, 3.63) is 0 Å². The van der Waals surface area contributed by atoms with E-state index in [1.807, 2.05) is 0 Å². The Bertz CT molecular complexity index is 219. The van der Waals surface area contributed by atoms with Crippen LogP contribution in [0.25, 0.3) is 0 Å². The van der Waals surface area contributed by atoms with Gasteiger partial charge in [0.15, 0.2) is 6.29 Å². The highest BCUT2D eigenvalue weighted by atomic mass is 16.6. The summed E-state index contributed by atoms with van der Waals surface area (Å²) in [6.45, 7) is -0.421. The lowest BCUT2D eigenvalue weighted by atomic mass is 9.99. The molecule has 1 heterocycles. The van der Waals surface area contributed by atoms with Gasteiger partial charge in [-0.2, -0.15) is 0 Å². The maximum Gasteiger partial charge on any atom is 0.184 e. The fraction of sp³-hybridized carbons (Fsp3) is 1.00. The summed E-state index contributed by atoms with van der Waals surface area (Å²) in [6.07, 6.45) is -3.77. The molecule has 0 amide bonds. The van der Waals surface area contributed by atoms with E-state index >= 15 is 0 Å². The van der Waals surface area contributed by atoms with Crippen molar-refractivity contribution in [3.8, 4) is 0 Å². The Morgan fingerprint density at radius 2 is 1.80 bits per heavy atom. The summed E-state index contributed by atoms with van der Waals surface area (Å²) in [5, 5.41) is 37.5. The fourth-order valence-corrected chi connectivity index (χ4v) is 1.65. The molecule has 5 atom stereocenters. The van der Waals surface area contributed by atoms with Gasteiger partial charge in [-0.15, -0.1) is 0 Å². The first-order valence-corrected chi connectivity index (χ1v) is 5.09. The van der Waals surface area contributed by atoms with Crippen LogP contribution in [-0.4, -0.2) is 63.8 Å². The first-order chi connectivity index (χ1) is 7.13. The monoisotopic (exact) mass is 220 g/mol. The summed E-state index contributed by atoms with van der Waals surface area (Å²) >= 11 is 0. The van der Waals surface area contributed by atoms with E-state index in [1.165, 1.54) is 0 Å². The highest BCUT2D eigenvalue weighted by Crippen LogP contribution is 2.30. The molecule has 5 unspecified atom stereocenters. The van der Waals surface area contributed by atoms with Gasteiger partial charge in [-0.1, -0.05) is 0 Å². The van der Waals surface area contributed by atoms with Crippen LogP contribution in [0.3, 0.4) is 0 Å². The van der Waals surface area contributed by atoms with Gasteiger partial charge < -0.3 is 29.9 Å². The van der Waals surface area contributed by atoms with Gasteiger partial charge in [-0.25, -0.2) is 0 Å². The van der Waals surface area contributed by atoms with Crippen LogP contribution in [0.1, 0.15) is 12.8 Å². The topological polar surface area (TPSA) is 99.4 Å². The van der Waals surface area contributed by atoms with Crippen LogP contribution in [0.4, 0.5) is 0 Å². The van der Waals surface area contributed by atoms with Crippen LogP contribution in [0, 0.1) is 0 Å². The Labute approximate surface area is 87.1 Å². The van der Waals surface area contributed by atoms with Crippen molar-refractivity contribution in [1.29, 1.82) is 0 Å². The molecule has 6 heteroatoms. The third-order valence-corrected chi connectivity index (χ3v) is 2.71. The molecular formula is C9H16O6. The maximum absolute atomic E-state index is 9.71. The van der Waals surface area contributed by atoms with E-state index in [-0.39, 0.29) is 6.10 Å². The molecule has 2 fully saturated rings. The summed E-state index contributed by atoms with van der Waals surface area (Å²) < 4.78 is 10.2. The van der Waals surface area contributed by atoms with E-state index in [4.69, 9.17) is 14.6 Å². The average molecular weight is 220 g/mol. The third-order valence-electron chi connectivity index (χ3n) is 2.71. The smallest absolute Gasteiger partial charge is 0.184 e. The van der Waals surface area contributed by atoms with Gasteiger partial charge in [-0.05, 0) is 12.8 Å². The summed E-state index contributed by atoms with van der Waals surface area (Å²) in [6, 6.07) is 0. The van der Waals surface area contributed by atoms with E-state index in [1.54, 1.807) is 0 Å². The molecule has 88 valence electrons. The van der Waals surface area contributed by atoms with Crippen molar-refractivity contribution in [2.75, 3.05) is 6.61 Å². The quantitative estimate of drug-likeness (QED) is 0.437. The van der Waals surface area contributed by atoms with E-state index in [2.05, 4.69) is 0 Å². The molecule has 0 spiro atoms. The highest BCUT2D eigenvalue weighted by molar-refractivity contribution is 4.91. The predicted octanol–water partition coefficient (Wildman–Crippen LogP) is -2.03. The van der Waals surface area contributed by atoms with Crippen molar-refractivity contribution in [3.63, 3.8) is 0 Å². The van der Waals surface area contributed by atoms with Crippen molar-refractivity contribution in [2.45, 2.75) is 49.7 Å². The van der Waals surface area contributed by atoms with Crippen molar-refractivity contribution >= 4 is 0 Å². The Balaban J connectivity index is 2.01. The standard InChI is InChI=1S/C9H16O6/c10-3-5-6(11)8(14-4-1-2-4)7(12)9(13)15-5/h4-13H,1-3H2. The number of rotatable bonds is 3. The van der Waals surface area contributed by atoms with Gasteiger partial charge in [0, 0.05) is 0 Å². The third kappa shape index (κ3) is 2.30. The Hall–Kier alpha value is -0.240. The van der Waals surface area contributed by atoms with Crippen molar-refractivity contribution in [1.82, 2.24) is 0 Å². The Morgan fingerprint density at radius 1 is 1.13 bits per heavy atom. The summed E-state index contributed by atoms with van der Waals surface area (Å²) in [5.41, 5.74) is 0. The molecule has 1 saturated carbocycles. The molecule has 4 N–H and O–H groups in total. The molecule has 1 saturated heterocycles. The van der Waals surface area contributed by atoms with Gasteiger partial charge in [-0.3, -0.25) is 0 Å². The first-order valence-electron chi connectivity index (χ1n) is 5.09. The maximum atomic E-state index is 9.71. The molecule has 0 radical (unpaired) electrons. The minimum absolute atomic E-state index is 0.0453. The normalized spacial score (nSPS) is 46.8. The lowest BCUT2D eigenvalue weighted by molar-refractivity contribution is -0.295. The molecule has 0 aromatic heterocycles. The van der Waals surface area contributed by atoms with Crippen LogP contribution < -0.4 is 0 Å². The highest BCUT2D eigenvalue weighted by Gasteiger charge is 2.46. The van der Waals surface area contributed by atoms with Gasteiger partial charge in [0.2, 0.25) is 0 Å². The van der Waals surface area contributed by atoms with Crippen LogP contribution >= 0.6 is 0 Å². The molecule has 0 aromatic carbocycles. The number of ether oxygens (including phenoxy) is 2. The predicted molar refractivity (Wildman–Crippen MR) is 47.9 cm³/mol. The van der Waals surface area contributed by atoms with E-state index in [0.717, 1.165) is 12.8 Å².